The molecule has 3 rings (SSSR count). The van der Waals surface area contributed by atoms with E-state index in [2.05, 4.69) is 23.5 Å². The highest BCUT2D eigenvalue weighted by molar-refractivity contribution is 5.80. The van der Waals surface area contributed by atoms with Crippen LogP contribution >= 0.6 is 0 Å². The lowest BCUT2D eigenvalue weighted by molar-refractivity contribution is -0.119. The van der Waals surface area contributed by atoms with Crippen molar-refractivity contribution < 1.29 is 4.79 Å². The summed E-state index contributed by atoms with van der Waals surface area (Å²) in [6, 6.07) is 8.72. The smallest absolute Gasteiger partial charge is 0.220 e. The zero-order valence-corrected chi connectivity index (χ0v) is 7.29. The summed E-state index contributed by atoms with van der Waals surface area (Å²) in [5.74, 6) is 0.731. The molecule has 2 aliphatic rings. The van der Waals surface area contributed by atoms with Gasteiger partial charge in [0.15, 0.2) is 0 Å². The topological polar surface area (TPSA) is 29.1 Å². The Labute approximate surface area is 77.0 Å². The molecule has 0 saturated carbocycles. The van der Waals surface area contributed by atoms with Gasteiger partial charge in [-0.1, -0.05) is 24.3 Å². The number of hydrogen-bond donors (Lipinski definition) is 1. The summed E-state index contributed by atoms with van der Waals surface area (Å²) in [4.78, 5) is 11.2. The molecule has 2 heteroatoms. The first kappa shape index (κ1) is 7.13. The number of fused-ring (bicyclic) bond motifs is 3. The Morgan fingerprint density at radius 3 is 3.00 bits per heavy atom. The summed E-state index contributed by atoms with van der Waals surface area (Å²) in [6.07, 6.45) is 1.78. The second kappa shape index (κ2) is 2.34. The number of hydrogen-bond acceptors (Lipinski definition) is 1. The van der Waals surface area contributed by atoms with Gasteiger partial charge < -0.3 is 5.32 Å². The van der Waals surface area contributed by atoms with E-state index in [4.69, 9.17) is 0 Å². The molecule has 1 aromatic carbocycles. The van der Waals surface area contributed by atoms with Crippen molar-refractivity contribution in [3.05, 3.63) is 35.4 Å². The van der Waals surface area contributed by atoms with Crippen LogP contribution in [0.3, 0.4) is 0 Å². The van der Waals surface area contributed by atoms with Gasteiger partial charge in [-0.25, -0.2) is 0 Å². The summed E-state index contributed by atoms with van der Waals surface area (Å²) in [5, 5.41) is 3.03. The summed E-state index contributed by atoms with van der Waals surface area (Å²) >= 11 is 0. The van der Waals surface area contributed by atoms with Gasteiger partial charge >= 0.3 is 0 Å². The van der Waals surface area contributed by atoms with E-state index in [0.717, 1.165) is 6.42 Å². The maximum atomic E-state index is 11.2. The summed E-state index contributed by atoms with van der Waals surface area (Å²) in [5.41, 5.74) is 2.75. The largest absolute Gasteiger partial charge is 0.349 e. The average molecular weight is 173 g/mol. The highest BCUT2D eigenvalue weighted by atomic mass is 16.2. The Morgan fingerprint density at radius 2 is 2.08 bits per heavy atom. The Balaban J connectivity index is 2.06. The van der Waals surface area contributed by atoms with E-state index in [-0.39, 0.29) is 5.91 Å². The van der Waals surface area contributed by atoms with Gasteiger partial charge in [-0.3, -0.25) is 4.79 Å². The molecule has 0 radical (unpaired) electrons. The minimum absolute atomic E-state index is 0.213. The first-order valence-electron chi connectivity index (χ1n) is 4.72. The zero-order valence-electron chi connectivity index (χ0n) is 7.29. The zero-order chi connectivity index (χ0) is 8.84. The van der Waals surface area contributed by atoms with Crippen LogP contribution in [0.1, 0.15) is 23.6 Å². The van der Waals surface area contributed by atoms with Crippen molar-refractivity contribution in [1.29, 1.82) is 0 Å². The second-order valence-electron chi connectivity index (χ2n) is 3.91. The summed E-state index contributed by atoms with van der Waals surface area (Å²) in [6.45, 7) is 0. The molecular weight excluding hydrogens is 162 g/mol. The summed E-state index contributed by atoms with van der Waals surface area (Å²) in [7, 11) is 0. The Kier molecular flexibility index (Phi) is 1.29. The third-order valence-electron chi connectivity index (χ3n) is 3.11. The molecule has 13 heavy (non-hydrogen) atoms. The minimum atomic E-state index is 0.213. The molecule has 1 fully saturated rings. The monoisotopic (exact) mass is 173 g/mol. The lowest BCUT2D eigenvalue weighted by Gasteiger charge is -2.08. The van der Waals surface area contributed by atoms with Crippen molar-refractivity contribution >= 4 is 5.91 Å². The van der Waals surface area contributed by atoms with Gasteiger partial charge in [-0.15, -0.1) is 0 Å². The van der Waals surface area contributed by atoms with Crippen LogP contribution in [0.15, 0.2) is 24.3 Å². The Morgan fingerprint density at radius 1 is 1.23 bits per heavy atom. The lowest BCUT2D eigenvalue weighted by Crippen LogP contribution is -2.18. The van der Waals surface area contributed by atoms with Gasteiger partial charge in [-0.2, -0.15) is 0 Å². The molecule has 0 spiro atoms. The van der Waals surface area contributed by atoms with Crippen molar-refractivity contribution in [2.75, 3.05) is 0 Å². The van der Waals surface area contributed by atoms with Crippen molar-refractivity contribution in [3.63, 3.8) is 0 Å². The van der Waals surface area contributed by atoms with Crippen LogP contribution in [-0.2, 0) is 11.2 Å². The molecule has 0 unspecified atom stereocenters. The van der Waals surface area contributed by atoms with E-state index in [9.17, 15) is 4.79 Å². The maximum Gasteiger partial charge on any atom is 0.220 e. The second-order valence-corrected chi connectivity index (χ2v) is 3.91. The lowest BCUT2D eigenvalue weighted by atomic mass is 10.0. The van der Waals surface area contributed by atoms with Crippen LogP contribution in [0.2, 0.25) is 0 Å². The van der Waals surface area contributed by atoms with Crippen molar-refractivity contribution in [2.24, 2.45) is 5.92 Å². The Bertz CT molecular complexity index is 372. The molecule has 1 heterocycles. The van der Waals surface area contributed by atoms with Gasteiger partial charge in [0.25, 0.3) is 0 Å². The molecule has 1 N–H and O–H groups in total. The molecule has 1 amide bonds. The van der Waals surface area contributed by atoms with Crippen LogP contribution < -0.4 is 5.32 Å². The molecule has 66 valence electrons. The highest BCUT2D eigenvalue weighted by Gasteiger charge is 2.39. The molecule has 1 saturated heterocycles. The minimum Gasteiger partial charge on any atom is -0.349 e. The first-order chi connectivity index (χ1) is 6.34. The first-order valence-corrected chi connectivity index (χ1v) is 4.72. The van der Waals surface area contributed by atoms with Crippen LogP contribution in [-0.4, -0.2) is 5.91 Å². The SMILES string of the molecule is O=C1C[C@@H]2Cc3ccccc3[C@@H]2N1. The number of carbonyl (C=O) groups excluding carboxylic acids is 1. The fraction of sp³-hybridized carbons (Fsp3) is 0.364. The van der Waals surface area contributed by atoms with E-state index >= 15 is 0 Å². The van der Waals surface area contributed by atoms with Gasteiger partial charge in [0.1, 0.15) is 0 Å². The normalized spacial score (nSPS) is 29.7. The van der Waals surface area contributed by atoms with Gasteiger partial charge in [0, 0.05) is 6.42 Å². The van der Waals surface area contributed by atoms with Crippen molar-refractivity contribution in [1.82, 2.24) is 5.32 Å². The molecule has 2 atom stereocenters. The van der Waals surface area contributed by atoms with Gasteiger partial charge in [0.05, 0.1) is 6.04 Å². The highest BCUT2D eigenvalue weighted by Crippen LogP contribution is 2.40. The van der Waals surface area contributed by atoms with E-state index in [1.807, 2.05) is 6.07 Å². The molecule has 0 bridgehead atoms. The molecular formula is C11H11NO. The number of nitrogens with one attached hydrogen (secondary N) is 1. The van der Waals surface area contributed by atoms with Gasteiger partial charge in [0.2, 0.25) is 5.91 Å². The molecule has 1 aromatic rings. The molecule has 1 aliphatic heterocycles. The third kappa shape index (κ3) is 0.916. The predicted octanol–water partition coefficient (Wildman–Crippen LogP) is 1.42. The quantitative estimate of drug-likeness (QED) is 0.631. The van der Waals surface area contributed by atoms with Crippen LogP contribution in [0, 0.1) is 5.92 Å². The fourth-order valence-electron chi connectivity index (χ4n) is 2.53. The Hall–Kier alpha value is -1.31. The van der Waals surface area contributed by atoms with Crippen molar-refractivity contribution in [3.8, 4) is 0 Å². The number of amides is 1. The van der Waals surface area contributed by atoms with Gasteiger partial charge in [-0.05, 0) is 23.5 Å². The predicted molar refractivity (Wildman–Crippen MR) is 49.1 cm³/mol. The number of rotatable bonds is 0. The maximum absolute atomic E-state index is 11.2. The van der Waals surface area contributed by atoms with E-state index in [0.29, 0.717) is 18.4 Å². The summed E-state index contributed by atoms with van der Waals surface area (Å²) < 4.78 is 0. The van der Waals surface area contributed by atoms with Crippen LogP contribution in [0.5, 0.6) is 0 Å². The van der Waals surface area contributed by atoms with E-state index < -0.39 is 0 Å². The van der Waals surface area contributed by atoms with Crippen LogP contribution in [0.4, 0.5) is 0 Å². The number of benzene rings is 1. The van der Waals surface area contributed by atoms with Crippen LogP contribution in [0.25, 0.3) is 0 Å². The fourth-order valence-corrected chi connectivity index (χ4v) is 2.53. The van der Waals surface area contributed by atoms with Crippen molar-refractivity contribution in [2.45, 2.75) is 18.9 Å². The molecule has 0 aromatic heterocycles. The average Bonchev–Trinajstić information content (AvgIpc) is 2.60. The molecule has 2 nitrogen and oxygen atoms in total. The van der Waals surface area contributed by atoms with E-state index in [1.165, 1.54) is 11.1 Å². The number of carbonyl (C=O) groups is 1. The molecule has 1 aliphatic carbocycles. The standard InChI is InChI=1S/C11H11NO/c13-10-6-8-5-7-3-1-2-4-9(7)11(8)12-10/h1-4,8,11H,5-6H2,(H,12,13)/t8-,11+/m0/s1. The van der Waals surface area contributed by atoms with E-state index in [1.54, 1.807) is 0 Å². The third-order valence-corrected chi connectivity index (χ3v) is 3.11.